The highest BCUT2D eigenvalue weighted by atomic mass is 19.1. The van der Waals surface area contributed by atoms with E-state index in [1.165, 1.54) is 0 Å². The predicted molar refractivity (Wildman–Crippen MR) is 201 cm³/mol. The SMILES string of the molecule is COC(C)(C)CCC[C@@](C)(O)[C@H]1CC[C@]2(C)[C@@H]1[C@H](OC(=O)c1ccc(F)cc1F)C[C@@H]1[C@@]3(C)CC[C@H](OC(=O)c4ccc(F)cc4F)C(C)(C)[C@@H]3CC[C@]12C. The molecule has 6 nitrogen and oxygen atoms in total. The Bertz CT molecular complexity index is 1790. The highest BCUT2D eigenvalue weighted by Gasteiger charge is 2.72. The Balaban J connectivity index is 1.33. The number of fused-ring (bicyclic) bond motifs is 5. The maximum Gasteiger partial charge on any atom is 0.341 e. The first-order chi connectivity index (χ1) is 25.5. The number of rotatable bonds is 10. The molecule has 0 unspecified atom stereocenters. The minimum absolute atomic E-state index is 0.0486. The van der Waals surface area contributed by atoms with E-state index < -0.39 is 58.4 Å². The van der Waals surface area contributed by atoms with Gasteiger partial charge in [-0.05, 0) is 143 Å². The highest BCUT2D eigenvalue weighted by molar-refractivity contribution is 5.90. The van der Waals surface area contributed by atoms with Crippen LogP contribution < -0.4 is 0 Å². The molecule has 2 aromatic carbocycles. The van der Waals surface area contributed by atoms with Gasteiger partial charge in [-0.3, -0.25) is 0 Å². The number of carbonyl (C=O) groups is 2. The number of halogens is 4. The molecule has 0 amide bonds. The summed E-state index contributed by atoms with van der Waals surface area (Å²) in [7, 11) is 1.69. The number of benzene rings is 2. The second-order valence-corrected chi connectivity index (χ2v) is 19.5. The van der Waals surface area contributed by atoms with Crippen molar-refractivity contribution in [2.24, 2.45) is 45.3 Å². The van der Waals surface area contributed by atoms with Crippen molar-refractivity contribution in [2.45, 2.75) is 143 Å². The Kier molecular flexibility index (Phi) is 10.9. The van der Waals surface area contributed by atoms with Crippen molar-refractivity contribution in [2.75, 3.05) is 7.11 Å². The van der Waals surface area contributed by atoms with E-state index >= 15 is 4.39 Å². The monoisotopic (exact) mass is 772 g/mol. The van der Waals surface area contributed by atoms with Crippen LogP contribution in [-0.4, -0.2) is 47.6 Å². The molecule has 55 heavy (non-hydrogen) atoms. The normalized spacial score (nSPS) is 35.2. The first kappa shape index (κ1) is 41.6. The Morgan fingerprint density at radius 2 is 1.33 bits per heavy atom. The van der Waals surface area contributed by atoms with Crippen molar-refractivity contribution in [1.82, 2.24) is 0 Å². The Morgan fingerprint density at radius 1 is 0.764 bits per heavy atom. The third kappa shape index (κ3) is 7.14. The number of methoxy groups -OCH3 is 1. The van der Waals surface area contributed by atoms with Crippen LogP contribution in [0.2, 0.25) is 0 Å². The zero-order valence-electron chi connectivity index (χ0n) is 34.0. The van der Waals surface area contributed by atoms with E-state index in [0.29, 0.717) is 37.8 Å². The predicted octanol–water partition coefficient (Wildman–Crippen LogP) is 10.6. The quantitative estimate of drug-likeness (QED) is 0.191. The van der Waals surface area contributed by atoms with E-state index in [-0.39, 0.29) is 56.6 Å². The van der Waals surface area contributed by atoms with Crippen molar-refractivity contribution in [3.05, 3.63) is 70.8 Å². The molecule has 0 saturated heterocycles. The summed E-state index contributed by atoms with van der Waals surface area (Å²) >= 11 is 0. The van der Waals surface area contributed by atoms with Gasteiger partial charge >= 0.3 is 11.9 Å². The minimum atomic E-state index is -1.07. The molecule has 4 aliphatic carbocycles. The zero-order chi connectivity index (χ0) is 40.5. The van der Waals surface area contributed by atoms with Gasteiger partial charge in [0.1, 0.15) is 35.5 Å². The van der Waals surface area contributed by atoms with E-state index in [0.717, 1.165) is 62.8 Å². The molecule has 0 aromatic heterocycles. The second-order valence-electron chi connectivity index (χ2n) is 19.5. The van der Waals surface area contributed by atoms with E-state index in [9.17, 15) is 27.9 Å². The fourth-order valence-electron chi connectivity index (χ4n) is 12.6. The van der Waals surface area contributed by atoms with E-state index in [4.69, 9.17) is 14.2 Å². The van der Waals surface area contributed by atoms with Gasteiger partial charge in [-0.15, -0.1) is 0 Å². The standard InChI is InChI=1S/C45H60F4O6/c1-40(2,53-9)18-10-19-45(8,52)30-15-21-44(7)37(30)33(54-38(50)28-13-11-26(46)23-31(28)48)25-35-42(5)20-17-36(41(3,4)34(42)16-22-43(35,44)6)55-39(51)29-14-12-27(47)24-32(29)49/h11-14,23-24,30,33-37,52H,10,15-22,25H2,1-9H3/t30-,33+,34-,35+,36-,37-,42-,43+,44+,45+/m0/s1. The fourth-order valence-corrected chi connectivity index (χ4v) is 12.6. The van der Waals surface area contributed by atoms with Gasteiger partial charge in [0.05, 0.1) is 22.3 Å². The Morgan fingerprint density at radius 3 is 1.89 bits per heavy atom. The van der Waals surface area contributed by atoms with Crippen molar-refractivity contribution in [3.8, 4) is 0 Å². The summed E-state index contributed by atoms with van der Waals surface area (Å²) < 4.78 is 75.3. The molecule has 4 fully saturated rings. The van der Waals surface area contributed by atoms with Crippen molar-refractivity contribution >= 4 is 11.9 Å². The summed E-state index contributed by atoms with van der Waals surface area (Å²) in [6, 6.07) is 5.71. The largest absolute Gasteiger partial charge is 0.458 e. The van der Waals surface area contributed by atoms with Crippen LogP contribution in [0.5, 0.6) is 0 Å². The van der Waals surface area contributed by atoms with Crippen molar-refractivity contribution in [3.63, 3.8) is 0 Å². The first-order valence-electron chi connectivity index (χ1n) is 20.1. The molecule has 10 atom stereocenters. The number of ether oxygens (including phenoxy) is 3. The van der Waals surface area contributed by atoms with Gasteiger partial charge < -0.3 is 19.3 Å². The summed E-state index contributed by atoms with van der Waals surface area (Å²) in [4.78, 5) is 27.1. The van der Waals surface area contributed by atoms with Crippen LogP contribution in [0.3, 0.4) is 0 Å². The number of aliphatic hydroxyl groups is 1. The van der Waals surface area contributed by atoms with Gasteiger partial charge in [-0.25, -0.2) is 27.2 Å². The molecule has 2 aromatic rings. The molecular formula is C45H60F4O6. The second kappa shape index (κ2) is 14.4. The lowest BCUT2D eigenvalue weighted by atomic mass is 9.35. The summed E-state index contributed by atoms with van der Waals surface area (Å²) in [5.74, 6) is -5.45. The summed E-state index contributed by atoms with van der Waals surface area (Å²) in [5, 5.41) is 12.3. The molecule has 0 heterocycles. The zero-order valence-corrected chi connectivity index (χ0v) is 34.0. The van der Waals surface area contributed by atoms with Crippen LogP contribution in [0.4, 0.5) is 17.6 Å². The van der Waals surface area contributed by atoms with Crippen molar-refractivity contribution < 1.29 is 46.5 Å². The van der Waals surface area contributed by atoms with Crippen LogP contribution in [-0.2, 0) is 14.2 Å². The molecular weight excluding hydrogens is 712 g/mol. The van der Waals surface area contributed by atoms with Gasteiger partial charge in [0.2, 0.25) is 0 Å². The molecule has 0 radical (unpaired) electrons. The molecule has 10 heteroatoms. The number of hydrogen-bond donors (Lipinski definition) is 1. The van der Waals surface area contributed by atoms with Crippen LogP contribution in [0.25, 0.3) is 0 Å². The van der Waals surface area contributed by atoms with E-state index in [1.807, 2.05) is 20.8 Å². The van der Waals surface area contributed by atoms with E-state index in [1.54, 1.807) is 7.11 Å². The lowest BCUT2D eigenvalue weighted by Gasteiger charge is -2.70. The first-order valence-corrected chi connectivity index (χ1v) is 20.1. The van der Waals surface area contributed by atoms with Crippen LogP contribution >= 0.6 is 0 Å². The summed E-state index contributed by atoms with van der Waals surface area (Å²) in [6.07, 6.45) is 5.92. The average Bonchev–Trinajstić information content (AvgIpc) is 3.47. The molecule has 0 bridgehead atoms. The molecule has 6 rings (SSSR count). The Labute approximate surface area is 324 Å². The highest BCUT2D eigenvalue weighted by Crippen LogP contribution is 2.76. The topological polar surface area (TPSA) is 82.1 Å². The van der Waals surface area contributed by atoms with Crippen LogP contribution in [0.15, 0.2) is 36.4 Å². The smallest absolute Gasteiger partial charge is 0.341 e. The molecule has 304 valence electrons. The van der Waals surface area contributed by atoms with Gasteiger partial charge in [0.25, 0.3) is 0 Å². The maximum absolute atomic E-state index is 15.0. The van der Waals surface area contributed by atoms with Gasteiger partial charge in [-0.1, -0.05) is 34.6 Å². The number of carbonyl (C=O) groups excluding carboxylic acids is 2. The lowest BCUT2D eigenvalue weighted by Crippen LogP contribution is -2.67. The molecule has 4 saturated carbocycles. The van der Waals surface area contributed by atoms with E-state index in [2.05, 4.69) is 34.6 Å². The maximum atomic E-state index is 15.0. The fraction of sp³-hybridized carbons (Fsp3) is 0.689. The molecule has 0 spiro atoms. The van der Waals surface area contributed by atoms with Gasteiger partial charge in [0.15, 0.2) is 0 Å². The van der Waals surface area contributed by atoms with Gasteiger partial charge in [-0.2, -0.15) is 0 Å². The number of hydrogen-bond acceptors (Lipinski definition) is 6. The van der Waals surface area contributed by atoms with Crippen molar-refractivity contribution in [1.29, 1.82) is 0 Å². The average molecular weight is 773 g/mol. The van der Waals surface area contributed by atoms with Gasteiger partial charge in [0, 0.05) is 30.6 Å². The van der Waals surface area contributed by atoms with Crippen LogP contribution in [0.1, 0.15) is 140 Å². The molecule has 0 aliphatic heterocycles. The lowest BCUT2D eigenvalue weighted by molar-refractivity contribution is -0.246. The third-order valence-corrected chi connectivity index (χ3v) is 15.9. The summed E-state index contributed by atoms with van der Waals surface area (Å²) in [6.45, 7) is 17.1. The van der Waals surface area contributed by atoms with Crippen LogP contribution in [0, 0.1) is 68.6 Å². The third-order valence-electron chi connectivity index (χ3n) is 15.9. The minimum Gasteiger partial charge on any atom is -0.458 e. The number of esters is 2. The summed E-state index contributed by atoms with van der Waals surface area (Å²) in [5.41, 5.74) is -3.41. The Hall–Kier alpha value is -2.98. The molecule has 1 N–H and O–H groups in total. The molecule has 4 aliphatic rings.